The van der Waals surface area contributed by atoms with Gasteiger partial charge in [-0.15, -0.1) is 0 Å². The van der Waals surface area contributed by atoms with Gasteiger partial charge in [-0.05, 0) is 101 Å². The van der Waals surface area contributed by atoms with E-state index in [4.69, 9.17) is 0 Å². The van der Waals surface area contributed by atoms with Crippen molar-refractivity contribution in [3.05, 3.63) is 59.3 Å². The van der Waals surface area contributed by atoms with E-state index in [1.165, 1.54) is 35.1 Å². The first-order chi connectivity index (χ1) is 15.8. The lowest BCUT2D eigenvalue weighted by Gasteiger charge is -2.42. The summed E-state index contributed by atoms with van der Waals surface area (Å²) >= 11 is 0. The highest BCUT2D eigenvalue weighted by molar-refractivity contribution is 7.94. The monoisotopic (exact) mass is 484 g/mol. The van der Waals surface area contributed by atoms with Gasteiger partial charge in [0.2, 0.25) is 0 Å². The molecule has 4 rings (SSSR count). The number of hydrogen-bond acceptors (Lipinski definition) is 3. The van der Waals surface area contributed by atoms with Crippen molar-refractivity contribution in [3.63, 3.8) is 0 Å². The second kappa shape index (κ2) is 8.92. The van der Waals surface area contributed by atoms with Gasteiger partial charge in [-0.2, -0.15) is 0 Å². The molecule has 3 saturated carbocycles. The molecule has 0 spiro atoms. The molecule has 4 atom stereocenters. The van der Waals surface area contributed by atoms with Gasteiger partial charge in [0.25, 0.3) is 0 Å². The number of allylic oxidation sites excluding steroid dienone is 7. The Balaban J connectivity index is 1.52. The molecule has 1 N–H and O–H groups in total. The Morgan fingerprint density at radius 3 is 2.53 bits per heavy atom. The van der Waals surface area contributed by atoms with Gasteiger partial charge in [0.15, 0.2) is 9.84 Å². The molecule has 0 aliphatic heterocycles. The lowest BCUT2D eigenvalue weighted by molar-refractivity contribution is 0.158. The Bertz CT molecular complexity index is 1060. The average Bonchev–Trinajstić information content (AvgIpc) is 3.47. The van der Waals surface area contributed by atoms with Crippen molar-refractivity contribution in [3.8, 4) is 0 Å². The molecule has 0 amide bonds. The number of fused-ring (bicyclic) bond motifs is 1. The molecule has 0 aromatic rings. The average molecular weight is 485 g/mol. The molecular weight excluding hydrogens is 440 g/mol. The third-order valence-corrected chi connectivity index (χ3v) is 12.3. The van der Waals surface area contributed by atoms with Gasteiger partial charge in [0.05, 0.1) is 15.6 Å². The lowest BCUT2D eigenvalue weighted by Crippen LogP contribution is -2.38. The zero-order valence-electron chi connectivity index (χ0n) is 21.9. The summed E-state index contributed by atoms with van der Waals surface area (Å²) in [6.45, 7) is 14.3. The number of sulfone groups is 1. The fourth-order valence-corrected chi connectivity index (χ4v) is 8.75. The number of aliphatic hydroxyl groups excluding tert-OH is 1. The molecule has 0 bridgehead atoms. The van der Waals surface area contributed by atoms with Crippen LogP contribution in [0, 0.1) is 17.3 Å². The van der Waals surface area contributed by atoms with Crippen LogP contribution in [0.2, 0.25) is 0 Å². The molecule has 3 fully saturated rings. The Kier molecular flexibility index (Phi) is 6.74. The van der Waals surface area contributed by atoms with E-state index in [1.807, 2.05) is 26.8 Å². The Morgan fingerprint density at radius 2 is 1.88 bits per heavy atom. The van der Waals surface area contributed by atoms with Gasteiger partial charge in [-0.25, -0.2) is 8.42 Å². The van der Waals surface area contributed by atoms with E-state index in [0.717, 1.165) is 44.9 Å². The molecule has 4 heteroatoms. The molecule has 34 heavy (non-hydrogen) atoms. The van der Waals surface area contributed by atoms with E-state index in [2.05, 4.69) is 44.7 Å². The molecule has 4 aliphatic rings. The summed E-state index contributed by atoms with van der Waals surface area (Å²) in [6, 6.07) is 0. The molecule has 0 aromatic carbocycles. The van der Waals surface area contributed by atoms with Gasteiger partial charge in [-0.1, -0.05) is 67.5 Å². The molecule has 0 heterocycles. The molecule has 0 radical (unpaired) electrons. The maximum atomic E-state index is 13.1. The van der Waals surface area contributed by atoms with Crippen LogP contribution in [-0.2, 0) is 9.84 Å². The quantitative estimate of drug-likeness (QED) is 0.427. The van der Waals surface area contributed by atoms with Gasteiger partial charge in [-0.3, -0.25) is 0 Å². The van der Waals surface area contributed by atoms with Crippen molar-refractivity contribution in [1.29, 1.82) is 0 Å². The normalized spacial score (nSPS) is 35.0. The van der Waals surface area contributed by atoms with Gasteiger partial charge >= 0.3 is 0 Å². The fraction of sp³-hybridized carbons (Fsp3) is 0.667. The Hall–Kier alpha value is -1.39. The first-order valence-corrected chi connectivity index (χ1v) is 14.7. The van der Waals surface area contributed by atoms with Crippen LogP contribution >= 0.6 is 0 Å². The van der Waals surface area contributed by atoms with Gasteiger partial charge in [0, 0.05) is 0 Å². The summed E-state index contributed by atoms with van der Waals surface area (Å²) in [4.78, 5) is 0. The molecule has 0 saturated heterocycles. The van der Waals surface area contributed by atoms with E-state index in [1.54, 1.807) is 0 Å². The van der Waals surface area contributed by atoms with Crippen molar-refractivity contribution < 1.29 is 13.5 Å². The van der Waals surface area contributed by atoms with Crippen molar-refractivity contribution in [1.82, 2.24) is 0 Å². The standard InChI is InChI=1S/C30H44O3S/c1-21-9-12-25(31)20-24(21)11-10-23-8-7-16-29(6)26(13-14-27(23)29)22(2)15-17-30(18-19-30)34(32,33)28(3,4)5/h10-11,13,15,17,22,25,27,31H,1,7-9,12,14,16,18-20H2,2-6H3/b17-15+,23-10+,24-11-. The number of aliphatic hydroxyl groups is 1. The van der Waals surface area contributed by atoms with E-state index in [0.29, 0.717) is 5.92 Å². The highest BCUT2D eigenvalue weighted by atomic mass is 32.2. The van der Waals surface area contributed by atoms with E-state index in [-0.39, 0.29) is 17.4 Å². The van der Waals surface area contributed by atoms with Crippen LogP contribution in [0.15, 0.2) is 59.3 Å². The second-order valence-electron chi connectivity index (χ2n) is 12.5. The van der Waals surface area contributed by atoms with E-state index in [9.17, 15) is 13.5 Å². The Morgan fingerprint density at radius 1 is 1.18 bits per heavy atom. The van der Waals surface area contributed by atoms with Crippen LogP contribution in [0.3, 0.4) is 0 Å². The van der Waals surface area contributed by atoms with Crippen molar-refractivity contribution >= 4 is 9.84 Å². The molecule has 188 valence electrons. The largest absolute Gasteiger partial charge is 0.393 e. The summed E-state index contributed by atoms with van der Waals surface area (Å²) in [5.41, 5.74) is 5.51. The first-order valence-electron chi connectivity index (χ1n) is 13.2. The minimum Gasteiger partial charge on any atom is -0.393 e. The number of hydrogen-bond donors (Lipinski definition) is 1. The SMILES string of the molecule is C=C1CCC(O)C/C1=C/C=C1\CCCC2(C)C(C(C)/C=C/C3(S(=O)(=O)C(C)(C)C)CC3)=CCC12. The highest BCUT2D eigenvalue weighted by Gasteiger charge is 2.56. The van der Waals surface area contributed by atoms with Crippen molar-refractivity contribution in [2.24, 2.45) is 17.3 Å². The molecule has 4 unspecified atom stereocenters. The van der Waals surface area contributed by atoms with Gasteiger partial charge in [0.1, 0.15) is 0 Å². The second-order valence-corrected chi connectivity index (χ2v) is 15.5. The zero-order chi connectivity index (χ0) is 24.9. The third kappa shape index (κ3) is 4.46. The van der Waals surface area contributed by atoms with Crippen LogP contribution in [-0.4, -0.2) is 29.1 Å². The lowest BCUT2D eigenvalue weighted by atomic mass is 9.62. The fourth-order valence-electron chi connectivity index (χ4n) is 6.63. The van der Waals surface area contributed by atoms with Crippen LogP contribution in [0.4, 0.5) is 0 Å². The number of rotatable bonds is 5. The summed E-state index contributed by atoms with van der Waals surface area (Å²) in [7, 11) is -3.20. The van der Waals surface area contributed by atoms with E-state index < -0.39 is 19.3 Å². The predicted octanol–water partition coefficient (Wildman–Crippen LogP) is 7.01. The maximum absolute atomic E-state index is 13.1. The maximum Gasteiger partial charge on any atom is 0.164 e. The summed E-state index contributed by atoms with van der Waals surface area (Å²) < 4.78 is 24.9. The van der Waals surface area contributed by atoms with Gasteiger partial charge < -0.3 is 5.11 Å². The molecule has 4 aliphatic carbocycles. The highest BCUT2D eigenvalue weighted by Crippen LogP contribution is 2.57. The van der Waals surface area contributed by atoms with Crippen LogP contribution in [0.25, 0.3) is 0 Å². The van der Waals surface area contributed by atoms with Crippen LogP contribution < -0.4 is 0 Å². The predicted molar refractivity (Wildman–Crippen MR) is 142 cm³/mol. The smallest absolute Gasteiger partial charge is 0.164 e. The summed E-state index contributed by atoms with van der Waals surface area (Å²) in [6.07, 6.45) is 19.4. The van der Waals surface area contributed by atoms with E-state index >= 15 is 0 Å². The molecule has 0 aromatic heterocycles. The molecule has 3 nitrogen and oxygen atoms in total. The van der Waals surface area contributed by atoms with Crippen LogP contribution in [0.1, 0.15) is 92.4 Å². The molecular formula is C30H44O3S. The Labute approximate surface area is 207 Å². The topological polar surface area (TPSA) is 54.4 Å². The minimum absolute atomic E-state index is 0.134. The minimum atomic E-state index is -3.20. The zero-order valence-corrected chi connectivity index (χ0v) is 22.7. The third-order valence-electron chi connectivity index (χ3n) is 9.06. The first kappa shape index (κ1) is 25.7. The summed E-state index contributed by atoms with van der Waals surface area (Å²) in [5.74, 6) is 0.757. The van der Waals surface area contributed by atoms with Crippen LogP contribution in [0.5, 0.6) is 0 Å². The van der Waals surface area contributed by atoms with Crippen molar-refractivity contribution in [2.75, 3.05) is 0 Å². The van der Waals surface area contributed by atoms with Crippen molar-refractivity contribution in [2.45, 2.75) is 108 Å². The summed E-state index contributed by atoms with van der Waals surface area (Å²) in [5, 5.41) is 10.1.